The summed E-state index contributed by atoms with van der Waals surface area (Å²) >= 11 is 0. The number of nitrogens with zero attached hydrogens (tertiary/aromatic N) is 1. The first-order valence-electron chi connectivity index (χ1n) is 4.71. The summed E-state index contributed by atoms with van der Waals surface area (Å²) in [6, 6.07) is -0.152. The van der Waals surface area contributed by atoms with Crippen molar-refractivity contribution >= 4 is 5.91 Å². The summed E-state index contributed by atoms with van der Waals surface area (Å²) in [7, 11) is 1.66. The zero-order chi connectivity index (χ0) is 9.84. The highest BCUT2D eigenvalue weighted by Gasteiger charge is 2.29. The SMILES string of the molecule is COCC1CCCN1C(=O)C(C)N. The fraction of sp³-hybridized carbons (Fsp3) is 0.889. The van der Waals surface area contributed by atoms with Crippen molar-refractivity contribution in [2.45, 2.75) is 31.8 Å². The molecule has 4 heteroatoms. The zero-order valence-corrected chi connectivity index (χ0v) is 8.32. The summed E-state index contributed by atoms with van der Waals surface area (Å²) in [5.41, 5.74) is 5.54. The van der Waals surface area contributed by atoms with Gasteiger partial charge in [-0.05, 0) is 19.8 Å². The number of likely N-dealkylation sites (tertiary alicyclic amines) is 1. The molecule has 0 aliphatic carbocycles. The van der Waals surface area contributed by atoms with Crippen LogP contribution in [0.25, 0.3) is 0 Å². The van der Waals surface area contributed by atoms with Gasteiger partial charge in [-0.3, -0.25) is 4.79 Å². The second-order valence-electron chi connectivity index (χ2n) is 3.57. The summed E-state index contributed by atoms with van der Waals surface area (Å²) < 4.78 is 5.05. The van der Waals surface area contributed by atoms with Crippen molar-refractivity contribution < 1.29 is 9.53 Å². The lowest BCUT2D eigenvalue weighted by Crippen LogP contribution is -2.45. The predicted molar refractivity (Wildman–Crippen MR) is 50.3 cm³/mol. The van der Waals surface area contributed by atoms with Gasteiger partial charge in [-0.15, -0.1) is 0 Å². The number of amides is 1. The molecule has 2 N–H and O–H groups in total. The van der Waals surface area contributed by atoms with Crippen LogP contribution in [0.2, 0.25) is 0 Å². The number of hydrogen-bond acceptors (Lipinski definition) is 3. The van der Waals surface area contributed by atoms with E-state index in [9.17, 15) is 4.79 Å². The first-order valence-corrected chi connectivity index (χ1v) is 4.71. The van der Waals surface area contributed by atoms with E-state index in [1.54, 1.807) is 14.0 Å². The smallest absolute Gasteiger partial charge is 0.239 e. The molecule has 2 unspecified atom stereocenters. The maximum absolute atomic E-state index is 11.6. The quantitative estimate of drug-likeness (QED) is 0.673. The van der Waals surface area contributed by atoms with Crippen molar-refractivity contribution in [1.82, 2.24) is 4.90 Å². The summed E-state index contributed by atoms with van der Waals surface area (Å²) in [6.07, 6.45) is 2.10. The fourth-order valence-corrected chi connectivity index (χ4v) is 1.75. The van der Waals surface area contributed by atoms with Crippen molar-refractivity contribution in [3.8, 4) is 0 Å². The van der Waals surface area contributed by atoms with Gasteiger partial charge in [0.25, 0.3) is 0 Å². The number of methoxy groups -OCH3 is 1. The molecule has 0 bridgehead atoms. The molecule has 2 atom stereocenters. The second-order valence-corrected chi connectivity index (χ2v) is 3.57. The van der Waals surface area contributed by atoms with Crippen LogP contribution in [0.3, 0.4) is 0 Å². The van der Waals surface area contributed by atoms with Gasteiger partial charge in [0.2, 0.25) is 5.91 Å². The normalized spacial score (nSPS) is 24.8. The van der Waals surface area contributed by atoms with Crippen LogP contribution in [0.1, 0.15) is 19.8 Å². The van der Waals surface area contributed by atoms with Crippen LogP contribution in [0.4, 0.5) is 0 Å². The first kappa shape index (κ1) is 10.5. The number of ether oxygens (including phenoxy) is 1. The Balaban J connectivity index is 2.52. The molecule has 1 amide bonds. The Morgan fingerprint density at radius 2 is 2.46 bits per heavy atom. The minimum atomic E-state index is -0.391. The van der Waals surface area contributed by atoms with E-state index in [2.05, 4.69) is 0 Å². The van der Waals surface area contributed by atoms with E-state index in [1.807, 2.05) is 4.90 Å². The standard InChI is InChI=1S/C9H18N2O2/c1-7(10)9(12)11-5-3-4-8(11)6-13-2/h7-8H,3-6,10H2,1-2H3. The number of nitrogens with two attached hydrogens (primary N) is 1. The maximum atomic E-state index is 11.6. The van der Waals surface area contributed by atoms with Crippen LogP contribution >= 0.6 is 0 Å². The lowest BCUT2D eigenvalue weighted by molar-refractivity contribution is -0.133. The minimum absolute atomic E-state index is 0.0413. The molecule has 1 aliphatic heterocycles. The van der Waals surface area contributed by atoms with Crippen molar-refractivity contribution in [3.05, 3.63) is 0 Å². The second kappa shape index (κ2) is 4.58. The Kier molecular flexibility index (Phi) is 3.69. The van der Waals surface area contributed by atoms with E-state index >= 15 is 0 Å². The van der Waals surface area contributed by atoms with Crippen LogP contribution in [0.15, 0.2) is 0 Å². The topological polar surface area (TPSA) is 55.6 Å². The van der Waals surface area contributed by atoms with Crippen molar-refractivity contribution in [3.63, 3.8) is 0 Å². The zero-order valence-electron chi connectivity index (χ0n) is 8.32. The number of carbonyl (C=O) groups excluding carboxylic acids is 1. The van der Waals surface area contributed by atoms with Crippen molar-refractivity contribution in [2.24, 2.45) is 5.73 Å². The third-order valence-electron chi connectivity index (χ3n) is 2.41. The van der Waals surface area contributed by atoms with Crippen LogP contribution in [0, 0.1) is 0 Å². The Bertz CT molecular complexity index is 182. The van der Waals surface area contributed by atoms with Gasteiger partial charge in [-0.2, -0.15) is 0 Å². The lowest BCUT2D eigenvalue weighted by Gasteiger charge is -2.25. The summed E-state index contributed by atoms with van der Waals surface area (Å²) in [5, 5.41) is 0. The van der Waals surface area contributed by atoms with Gasteiger partial charge < -0.3 is 15.4 Å². The van der Waals surface area contributed by atoms with E-state index in [-0.39, 0.29) is 11.9 Å². The summed E-state index contributed by atoms with van der Waals surface area (Å²) in [5.74, 6) is 0.0413. The molecule has 1 fully saturated rings. The van der Waals surface area contributed by atoms with E-state index in [4.69, 9.17) is 10.5 Å². The molecule has 0 aromatic rings. The summed E-state index contributed by atoms with van der Waals surface area (Å²) in [4.78, 5) is 13.4. The average molecular weight is 186 g/mol. The molecule has 0 saturated carbocycles. The molecular weight excluding hydrogens is 168 g/mol. The molecule has 0 spiro atoms. The Morgan fingerprint density at radius 3 is 3.00 bits per heavy atom. The average Bonchev–Trinajstić information content (AvgIpc) is 2.52. The van der Waals surface area contributed by atoms with Gasteiger partial charge in [0, 0.05) is 13.7 Å². The van der Waals surface area contributed by atoms with E-state index in [0.29, 0.717) is 6.61 Å². The third kappa shape index (κ3) is 2.42. The molecule has 76 valence electrons. The van der Waals surface area contributed by atoms with E-state index < -0.39 is 6.04 Å². The van der Waals surface area contributed by atoms with Crippen LogP contribution in [-0.2, 0) is 9.53 Å². The molecule has 4 nitrogen and oxygen atoms in total. The molecule has 1 rings (SSSR count). The van der Waals surface area contributed by atoms with Gasteiger partial charge in [-0.1, -0.05) is 0 Å². The fourth-order valence-electron chi connectivity index (χ4n) is 1.75. The summed E-state index contributed by atoms with van der Waals surface area (Å²) in [6.45, 7) is 3.18. The first-order chi connectivity index (χ1) is 6.16. The maximum Gasteiger partial charge on any atom is 0.239 e. The third-order valence-corrected chi connectivity index (χ3v) is 2.41. The largest absolute Gasteiger partial charge is 0.383 e. The van der Waals surface area contributed by atoms with Crippen LogP contribution in [-0.4, -0.2) is 43.2 Å². The Labute approximate surface area is 79.0 Å². The molecule has 0 radical (unpaired) electrons. The molecule has 0 aromatic heterocycles. The van der Waals surface area contributed by atoms with Gasteiger partial charge in [0.1, 0.15) is 0 Å². The number of carbonyl (C=O) groups is 1. The van der Waals surface area contributed by atoms with Crippen molar-refractivity contribution in [2.75, 3.05) is 20.3 Å². The predicted octanol–water partition coefficient (Wildman–Crippen LogP) is -0.0290. The lowest BCUT2D eigenvalue weighted by atomic mass is 10.2. The number of hydrogen-bond donors (Lipinski definition) is 1. The Hall–Kier alpha value is -0.610. The van der Waals surface area contributed by atoms with E-state index in [0.717, 1.165) is 19.4 Å². The highest BCUT2D eigenvalue weighted by Crippen LogP contribution is 2.17. The monoisotopic (exact) mass is 186 g/mol. The highest BCUT2D eigenvalue weighted by atomic mass is 16.5. The van der Waals surface area contributed by atoms with Gasteiger partial charge in [0.05, 0.1) is 18.7 Å². The van der Waals surface area contributed by atoms with Crippen LogP contribution < -0.4 is 5.73 Å². The van der Waals surface area contributed by atoms with Gasteiger partial charge in [-0.25, -0.2) is 0 Å². The molecule has 0 aromatic carbocycles. The molecule has 1 saturated heterocycles. The van der Waals surface area contributed by atoms with Crippen molar-refractivity contribution in [1.29, 1.82) is 0 Å². The molecular formula is C9H18N2O2. The van der Waals surface area contributed by atoms with Gasteiger partial charge in [0.15, 0.2) is 0 Å². The van der Waals surface area contributed by atoms with Crippen LogP contribution in [0.5, 0.6) is 0 Å². The Morgan fingerprint density at radius 1 is 1.77 bits per heavy atom. The molecule has 1 aliphatic rings. The van der Waals surface area contributed by atoms with E-state index in [1.165, 1.54) is 0 Å². The molecule has 1 heterocycles. The number of rotatable bonds is 3. The molecule has 13 heavy (non-hydrogen) atoms. The highest BCUT2D eigenvalue weighted by molar-refractivity contribution is 5.81. The minimum Gasteiger partial charge on any atom is -0.383 e. The van der Waals surface area contributed by atoms with Gasteiger partial charge >= 0.3 is 0 Å².